The van der Waals surface area contributed by atoms with Gasteiger partial charge in [-0.3, -0.25) is 10.1 Å². The molecular formula is C19H17ClN2O3. The third-order valence-electron chi connectivity index (χ3n) is 5.09. The minimum atomic E-state index is -0.359. The Labute approximate surface area is 150 Å². The van der Waals surface area contributed by atoms with Gasteiger partial charge in [-0.25, -0.2) is 0 Å². The Morgan fingerprint density at radius 1 is 1.32 bits per heavy atom. The number of non-ortho nitro benzene ring substituents is 1. The molecule has 5 nitrogen and oxygen atoms in total. The lowest BCUT2D eigenvalue weighted by molar-refractivity contribution is -0.384. The number of benzene rings is 2. The number of hydrogen-bond acceptors (Lipinski definition) is 4. The van der Waals surface area contributed by atoms with Crippen molar-refractivity contribution in [3.05, 3.63) is 74.8 Å². The number of nitrogens with zero attached hydrogens (tertiary/aromatic N) is 1. The first kappa shape index (κ1) is 16.0. The third kappa shape index (κ3) is 2.55. The zero-order chi connectivity index (χ0) is 17.6. The summed E-state index contributed by atoms with van der Waals surface area (Å²) < 4.78 is 5.51. The Bertz CT molecular complexity index is 881. The molecule has 128 valence electrons. The summed E-state index contributed by atoms with van der Waals surface area (Å²) in [5.41, 5.74) is 2.92. The van der Waals surface area contributed by atoms with Crippen molar-refractivity contribution in [3.8, 4) is 5.75 Å². The van der Waals surface area contributed by atoms with Gasteiger partial charge in [0, 0.05) is 28.6 Å². The van der Waals surface area contributed by atoms with Crippen molar-refractivity contribution in [3.63, 3.8) is 0 Å². The molecule has 1 N–H and O–H groups in total. The average molecular weight is 357 g/mol. The standard InChI is InChI=1S/C19H17ClN2O3/c1-25-16-9-8-15(20)17-13-6-3-7-14(13)18(21-19(16)17)11-4-2-5-12(10-11)22(23)24/h2-6,8-10,13-14,18,21H,7H2,1H3. The van der Waals surface area contributed by atoms with Crippen molar-refractivity contribution >= 4 is 23.0 Å². The third-order valence-corrected chi connectivity index (χ3v) is 5.42. The predicted molar refractivity (Wildman–Crippen MR) is 97.5 cm³/mol. The largest absolute Gasteiger partial charge is 0.495 e. The highest BCUT2D eigenvalue weighted by Crippen LogP contribution is 2.54. The predicted octanol–water partition coefficient (Wildman–Crippen LogP) is 5.08. The lowest BCUT2D eigenvalue weighted by Crippen LogP contribution is -2.29. The van der Waals surface area contributed by atoms with E-state index in [4.69, 9.17) is 16.3 Å². The summed E-state index contributed by atoms with van der Waals surface area (Å²) in [5.74, 6) is 1.16. The van der Waals surface area contributed by atoms with E-state index in [1.165, 1.54) is 6.07 Å². The number of hydrogen-bond donors (Lipinski definition) is 1. The van der Waals surface area contributed by atoms with Crippen LogP contribution in [-0.4, -0.2) is 12.0 Å². The number of nitro groups is 1. The smallest absolute Gasteiger partial charge is 0.269 e. The normalized spacial score (nSPS) is 23.5. The van der Waals surface area contributed by atoms with Crippen molar-refractivity contribution < 1.29 is 9.66 Å². The number of fused-ring (bicyclic) bond motifs is 3. The number of methoxy groups -OCH3 is 1. The maximum atomic E-state index is 11.1. The molecule has 3 atom stereocenters. The first-order valence-electron chi connectivity index (χ1n) is 8.14. The zero-order valence-corrected chi connectivity index (χ0v) is 14.4. The summed E-state index contributed by atoms with van der Waals surface area (Å²) in [7, 11) is 1.63. The molecule has 0 radical (unpaired) electrons. The van der Waals surface area contributed by atoms with E-state index >= 15 is 0 Å². The van der Waals surface area contributed by atoms with Crippen LogP contribution in [0.1, 0.15) is 29.5 Å². The fourth-order valence-corrected chi connectivity index (χ4v) is 4.25. The Balaban J connectivity index is 1.84. The number of ether oxygens (including phenoxy) is 1. The molecule has 1 aliphatic heterocycles. The highest BCUT2D eigenvalue weighted by atomic mass is 35.5. The summed E-state index contributed by atoms with van der Waals surface area (Å²) >= 11 is 6.48. The minimum Gasteiger partial charge on any atom is -0.495 e. The molecule has 2 aromatic rings. The van der Waals surface area contributed by atoms with Crippen LogP contribution in [0.3, 0.4) is 0 Å². The molecular weight excluding hydrogens is 340 g/mol. The maximum absolute atomic E-state index is 11.1. The van der Waals surface area contributed by atoms with Gasteiger partial charge in [0.25, 0.3) is 5.69 Å². The first-order chi connectivity index (χ1) is 12.1. The molecule has 1 aliphatic carbocycles. The highest BCUT2D eigenvalue weighted by molar-refractivity contribution is 6.32. The van der Waals surface area contributed by atoms with Gasteiger partial charge in [-0.15, -0.1) is 0 Å². The molecule has 0 bridgehead atoms. The second-order valence-electron chi connectivity index (χ2n) is 6.37. The van der Waals surface area contributed by atoms with E-state index in [0.29, 0.717) is 5.02 Å². The van der Waals surface area contributed by atoms with Gasteiger partial charge in [0.15, 0.2) is 0 Å². The van der Waals surface area contributed by atoms with E-state index in [-0.39, 0.29) is 28.5 Å². The number of rotatable bonds is 3. The van der Waals surface area contributed by atoms with E-state index in [0.717, 1.165) is 29.0 Å². The Hall–Kier alpha value is -2.53. The molecule has 0 saturated carbocycles. The van der Waals surface area contributed by atoms with Crippen molar-refractivity contribution in [2.24, 2.45) is 5.92 Å². The summed E-state index contributed by atoms with van der Waals surface area (Å²) in [6, 6.07) is 10.5. The van der Waals surface area contributed by atoms with Crippen LogP contribution in [0, 0.1) is 16.0 Å². The van der Waals surface area contributed by atoms with Crippen LogP contribution >= 0.6 is 11.6 Å². The molecule has 6 heteroatoms. The van der Waals surface area contributed by atoms with Crippen molar-refractivity contribution in [2.75, 3.05) is 12.4 Å². The molecule has 0 saturated heterocycles. The summed E-state index contributed by atoms with van der Waals surface area (Å²) in [4.78, 5) is 10.8. The Morgan fingerprint density at radius 3 is 2.92 bits per heavy atom. The zero-order valence-electron chi connectivity index (χ0n) is 13.6. The van der Waals surface area contributed by atoms with Crippen LogP contribution in [0.4, 0.5) is 11.4 Å². The summed E-state index contributed by atoms with van der Waals surface area (Å²) in [6.07, 6.45) is 5.24. The van der Waals surface area contributed by atoms with Gasteiger partial charge in [-0.05, 0) is 30.0 Å². The summed E-state index contributed by atoms with van der Waals surface area (Å²) in [5, 5.41) is 15.4. The maximum Gasteiger partial charge on any atom is 0.269 e. The SMILES string of the molecule is COc1ccc(Cl)c2c1NC(c1cccc([N+](=O)[O-])c1)C1CC=CC21. The second kappa shape index (κ2) is 6.08. The molecule has 4 rings (SSSR count). The fraction of sp³-hybridized carbons (Fsp3) is 0.263. The molecule has 0 aromatic heterocycles. The lowest BCUT2D eigenvalue weighted by Gasteiger charge is -2.38. The molecule has 0 spiro atoms. The first-order valence-corrected chi connectivity index (χ1v) is 8.52. The monoisotopic (exact) mass is 356 g/mol. The lowest BCUT2D eigenvalue weighted by atomic mass is 9.77. The average Bonchev–Trinajstić information content (AvgIpc) is 3.11. The van der Waals surface area contributed by atoms with Crippen LogP contribution < -0.4 is 10.1 Å². The van der Waals surface area contributed by atoms with Gasteiger partial charge >= 0.3 is 0 Å². The van der Waals surface area contributed by atoms with Gasteiger partial charge in [-0.1, -0.05) is 35.9 Å². The van der Waals surface area contributed by atoms with Gasteiger partial charge in [0.1, 0.15) is 5.75 Å². The van der Waals surface area contributed by atoms with Gasteiger partial charge < -0.3 is 10.1 Å². The minimum absolute atomic E-state index is 0.0419. The van der Waals surface area contributed by atoms with Crippen LogP contribution in [0.15, 0.2) is 48.6 Å². The molecule has 0 fully saturated rings. The Kier molecular flexibility index (Phi) is 3.88. The Morgan fingerprint density at radius 2 is 2.16 bits per heavy atom. The van der Waals surface area contributed by atoms with E-state index in [9.17, 15) is 10.1 Å². The molecule has 2 aromatic carbocycles. The molecule has 25 heavy (non-hydrogen) atoms. The van der Waals surface area contributed by atoms with Gasteiger partial charge in [0.2, 0.25) is 0 Å². The van der Waals surface area contributed by atoms with Crippen LogP contribution in [0.5, 0.6) is 5.75 Å². The van der Waals surface area contributed by atoms with Crippen LogP contribution in [0.25, 0.3) is 0 Å². The number of allylic oxidation sites excluding steroid dienone is 2. The van der Waals surface area contributed by atoms with Crippen LogP contribution in [-0.2, 0) is 0 Å². The number of nitrogens with one attached hydrogen (secondary N) is 1. The summed E-state index contributed by atoms with van der Waals surface area (Å²) in [6.45, 7) is 0. The van der Waals surface area contributed by atoms with Crippen molar-refractivity contribution in [1.82, 2.24) is 0 Å². The van der Waals surface area contributed by atoms with Crippen molar-refractivity contribution in [2.45, 2.75) is 18.4 Å². The molecule has 3 unspecified atom stereocenters. The molecule has 0 amide bonds. The van der Waals surface area contributed by atoms with Gasteiger partial charge in [0.05, 0.1) is 23.8 Å². The topological polar surface area (TPSA) is 64.4 Å². The fourth-order valence-electron chi connectivity index (χ4n) is 3.97. The molecule has 2 aliphatic rings. The number of nitro benzene ring substituents is 1. The van der Waals surface area contributed by atoms with Crippen LogP contribution in [0.2, 0.25) is 5.02 Å². The van der Waals surface area contributed by atoms with E-state index < -0.39 is 0 Å². The van der Waals surface area contributed by atoms with Gasteiger partial charge in [-0.2, -0.15) is 0 Å². The quantitative estimate of drug-likeness (QED) is 0.473. The van der Waals surface area contributed by atoms with E-state index in [2.05, 4.69) is 17.5 Å². The second-order valence-corrected chi connectivity index (χ2v) is 6.77. The highest BCUT2D eigenvalue weighted by Gasteiger charge is 2.40. The number of anilines is 1. The van der Waals surface area contributed by atoms with E-state index in [1.807, 2.05) is 18.2 Å². The van der Waals surface area contributed by atoms with E-state index in [1.54, 1.807) is 19.2 Å². The molecule has 1 heterocycles. The number of halogens is 1. The van der Waals surface area contributed by atoms with Crippen molar-refractivity contribution in [1.29, 1.82) is 0 Å².